The Morgan fingerprint density at radius 1 is 1.16 bits per heavy atom. The maximum Gasteiger partial charge on any atom is 0.274 e. The Morgan fingerprint density at radius 3 is 2.55 bits per heavy atom. The zero-order valence-electron chi connectivity index (χ0n) is 20.4. The van der Waals surface area contributed by atoms with E-state index in [1.807, 2.05) is 30.3 Å². The summed E-state index contributed by atoms with van der Waals surface area (Å²) in [5.74, 6) is -3.79. The van der Waals surface area contributed by atoms with E-state index >= 15 is 0 Å². The van der Waals surface area contributed by atoms with Crippen molar-refractivity contribution in [2.24, 2.45) is 0 Å². The molecule has 2 aromatic carbocycles. The van der Waals surface area contributed by atoms with Crippen molar-refractivity contribution in [1.82, 2.24) is 14.8 Å². The van der Waals surface area contributed by atoms with Crippen molar-refractivity contribution in [2.45, 2.75) is 37.6 Å². The fraction of sp³-hybridized carbons (Fsp3) is 0.296. The lowest BCUT2D eigenvalue weighted by Gasteiger charge is -2.53. The van der Waals surface area contributed by atoms with Gasteiger partial charge in [0.05, 0.1) is 18.2 Å². The number of hydrogen-bond donors (Lipinski definition) is 2. The Bertz CT molecular complexity index is 1440. The molecule has 38 heavy (non-hydrogen) atoms. The van der Waals surface area contributed by atoms with Crippen LogP contribution in [0.4, 0.5) is 8.78 Å². The molecule has 1 spiro atoms. The van der Waals surface area contributed by atoms with Crippen molar-refractivity contribution in [3.8, 4) is 5.75 Å². The topological polar surface area (TPSA) is 101 Å². The number of ether oxygens (including phenoxy) is 1. The lowest BCUT2D eigenvalue weighted by molar-refractivity contribution is -0.0929. The SMILES string of the molecule is CN1C[C@]2(C[C@H](OCc3ccccc3)C2)n2cc(C(=O)NCc3ccc(F)cc3F)c(=O)c(O)c2C1=O.Cl. The number of nitrogens with one attached hydrogen (secondary N) is 1. The number of carbonyl (C=O) groups excluding carboxylic acids is 2. The third-order valence-electron chi connectivity index (χ3n) is 7.02. The molecule has 3 aromatic rings. The number of aromatic nitrogens is 1. The summed E-state index contributed by atoms with van der Waals surface area (Å²) in [6.45, 7) is 0.440. The molecule has 0 radical (unpaired) electrons. The van der Waals surface area contributed by atoms with Gasteiger partial charge < -0.3 is 24.6 Å². The first kappa shape index (κ1) is 27.3. The van der Waals surface area contributed by atoms with E-state index in [0.717, 1.165) is 11.6 Å². The molecule has 11 heteroatoms. The molecule has 200 valence electrons. The molecular formula is C27H26ClF2N3O5. The standard InChI is InChI=1S/C27H25F2N3O5.ClH/c1-31-15-27(10-19(11-27)37-14-16-5-3-2-4-6-16)32-13-20(23(33)24(34)22(32)26(31)36)25(35)30-12-17-7-8-18(28)9-21(17)29;/h2-9,13,19,34H,10-12,14-15H2,1H3,(H,30,35);1H/t19-,27+;. The number of carbonyl (C=O) groups is 2. The van der Waals surface area contributed by atoms with Gasteiger partial charge in [-0.3, -0.25) is 14.4 Å². The second kappa shape index (κ2) is 10.5. The molecule has 2 aliphatic rings. The van der Waals surface area contributed by atoms with Crippen LogP contribution in [-0.2, 0) is 23.4 Å². The predicted molar refractivity (Wildman–Crippen MR) is 136 cm³/mol. The van der Waals surface area contributed by atoms with E-state index in [1.54, 1.807) is 7.05 Å². The van der Waals surface area contributed by atoms with Crippen LogP contribution in [-0.4, -0.2) is 46.1 Å². The number of fused-ring (bicyclic) bond motifs is 2. The van der Waals surface area contributed by atoms with Crippen LogP contribution in [0.3, 0.4) is 0 Å². The number of hydrogen-bond acceptors (Lipinski definition) is 5. The summed E-state index contributed by atoms with van der Waals surface area (Å²) in [7, 11) is 1.59. The van der Waals surface area contributed by atoms with Crippen LogP contribution in [0.25, 0.3) is 0 Å². The van der Waals surface area contributed by atoms with Crippen molar-refractivity contribution in [3.63, 3.8) is 0 Å². The molecule has 1 aromatic heterocycles. The summed E-state index contributed by atoms with van der Waals surface area (Å²) >= 11 is 0. The Labute approximate surface area is 223 Å². The minimum absolute atomic E-state index is 0. The van der Waals surface area contributed by atoms with Gasteiger partial charge >= 0.3 is 0 Å². The second-order valence-electron chi connectivity index (χ2n) is 9.57. The van der Waals surface area contributed by atoms with Crippen molar-refractivity contribution in [2.75, 3.05) is 13.6 Å². The fourth-order valence-electron chi connectivity index (χ4n) is 5.07. The molecule has 0 bridgehead atoms. The zero-order valence-corrected chi connectivity index (χ0v) is 21.3. The molecule has 1 saturated carbocycles. The van der Waals surface area contributed by atoms with Gasteiger partial charge in [-0.1, -0.05) is 36.4 Å². The molecule has 2 amide bonds. The Balaban J connectivity index is 0.00000336. The molecule has 2 N–H and O–H groups in total. The summed E-state index contributed by atoms with van der Waals surface area (Å²) in [4.78, 5) is 40.1. The minimum atomic E-state index is -1.00. The summed E-state index contributed by atoms with van der Waals surface area (Å²) < 4.78 is 34.7. The average molecular weight is 546 g/mol. The van der Waals surface area contributed by atoms with E-state index in [4.69, 9.17) is 4.74 Å². The highest BCUT2D eigenvalue weighted by atomic mass is 35.5. The summed E-state index contributed by atoms with van der Waals surface area (Å²) in [5, 5.41) is 13.1. The maximum atomic E-state index is 14.0. The van der Waals surface area contributed by atoms with Gasteiger partial charge in [-0.2, -0.15) is 0 Å². The van der Waals surface area contributed by atoms with Gasteiger partial charge in [0, 0.05) is 38.0 Å². The third kappa shape index (κ3) is 4.89. The molecule has 1 fully saturated rings. The molecule has 0 saturated heterocycles. The van der Waals surface area contributed by atoms with Crippen molar-refractivity contribution < 1.29 is 28.2 Å². The van der Waals surface area contributed by atoms with Gasteiger partial charge in [0.1, 0.15) is 17.2 Å². The van der Waals surface area contributed by atoms with Crippen LogP contribution in [0.2, 0.25) is 0 Å². The number of nitrogens with zero attached hydrogens (tertiary/aromatic N) is 2. The number of halogens is 3. The van der Waals surface area contributed by atoms with E-state index in [2.05, 4.69) is 5.32 Å². The van der Waals surface area contributed by atoms with Crippen LogP contribution in [0.1, 0.15) is 44.8 Å². The molecular weight excluding hydrogens is 520 g/mol. The zero-order chi connectivity index (χ0) is 26.3. The minimum Gasteiger partial charge on any atom is -0.503 e. The highest BCUT2D eigenvalue weighted by Crippen LogP contribution is 2.46. The number of likely N-dealkylation sites (N-methyl/N-ethyl adjacent to an activating group) is 1. The van der Waals surface area contributed by atoms with E-state index in [-0.39, 0.29) is 41.9 Å². The van der Waals surface area contributed by atoms with Crippen molar-refractivity contribution in [3.05, 3.63) is 99.0 Å². The summed E-state index contributed by atoms with van der Waals surface area (Å²) in [5.41, 5.74) is -1.17. The maximum absolute atomic E-state index is 14.0. The Morgan fingerprint density at radius 2 is 1.87 bits per heavy atom. The quantitative estimate of drug-likeness (QED) is 0.495. The van der Waals surface area contributed by atoms with E-state index < -0.39 is 40.2 Å². The lowest BCUT2D eigenvalue weighted by atomic mass is 9.72. The first-order valence-corrected chi connectivity index (χ1v) is 11.8. The lowest BCUT2D eigenvalue weighted by Crippen LogP contribution is -2.61. The first-order chi connectivity index (χ1) is 17.7. The summed E-state index contributed by atoms with van der Waals surface area (Å²) in [6, 6.07) is 12.6. The van der Waals surface area contributed by atoms with Gasteiger partial charge in [-0.15, -0.1) is 12.4 Å². The number of aromatic hydroxyl groups is 1. The van der Waals surface area contributed by atoms with E-state index in [0.29, 0.717) is 32.1 Å². The molecule has 0 atom stereocenters. The van der Waals surface area contributed by atoms with Gasteiger partial charge in [0.25, 0.3) is 11.8 Å². The molecule has 5 rings (SSSR count). The van der Waals surface area contributed by atoms with Crippen LogP contribution < -0.4 is 10.7 Å². The number of benzene rings is 2. The van der Waals surface area contributed by atoms with Crippen LogP contribution >= 0.6 is 12.4 Å². The first-order valence-electron chi connectivity index (χ1n) is 11.8. The number of amides is 2. The molecule has 1 aliphatic carbocycles. The smallest absolute Gasteiger partial charge is 0.274 e. The van der Waals surface area contributed by atoms with Crippen LogP contribution in [0.15, 0.2) is 59.5 Å². The van der Waals surface area contributed by atoms with Crippen LogP contribution in [0, 0.1) is 11.6 Å². The normalized spacial score (nSPS) is 19.9. The third-order valence-corrected chi connectivity index (χ3v) is 7.02. The van der Waals surface area contributed by atoms with E-state index in [9.17, 15) is 28.3 Å². The van der Waals surface area contributed by atoms with Crippen molar-refractivity contribution >= 4 is 24.2 Å². The summed E-state index contributed by atoms with van der Waals surface area (Å²) in [6.07, 6.45) is 2.19. The monoisotopic (exact) mass is 545 g/mol. The highest BCUT2D eigenvalue weighted by molar-refractivity contribution is 5.99. The highest BCUT2D eigenvalue weighted by Gasteiger charge is 2.52. The average Bonchev–Trinajstić information content (AvgIpc) is 2.85. The molecule has 8 nitrogen and oxygen atoms in total. The number of rotatable bonds is 6. The van der Waals surface area contributed by atoms with E-state index in [1.165, 1.54) is 21.7 Å². The van der Waals surface area contributed by atoms with Gasteiger partial charge in [-0.05, 0) is 24.5 Å². The number of pyridine rings is 1. The van der Waals surface area contributed by atoms with Gasteiger partial charge in [-0.25, -0.2) is 8.78 Å². The Kier molecular flexibility index (Phi) is 7.57. The van der Waals surface area contributed by atoms with Gasteiger partial charge in [0.2, 0.25) is 5.43 Å². The molecule has 0 unspecified atom stereocenters. The van der Waals surface area contributed by atoms with Crippen molar-refractivity contribution in [1.29, 1.82) is 0 Å². The van der Waals surface area contributed by atoms with Crippen LogP contribution in [0.5, 0.6) is 5.75 Å². The Hall–Kier alpha value is -3.76. The molecule has 2 heterocycles. The largest absolute Gasteiger partial charge is 0.503 e. The van der Waals surface area contributed by atoms with Gasteiger partial charge in [0.15, 0.2) is 11.4 Å². The second-order valence-corrected chi connectivity index (χ2v) is 9.57. The predicted octanol–water partition coefficient (Wildman–Crippen LogP) is 3.34. The fourth-order valence-corrected chi connectivity index (χ4v) is 5.07. The molecule has 1 aliphatic heterocycles.